The van der Waals surface area contributed by atoms with Crippen molar-refractivity contribution in [1.29, 1.82) is 0 Å². The second-order valence-corrected chi connectivity index (χ2v) is 5.85. The third kappa shape index (κ3) is 4.16. The van der Waals surface area contributed by atoms with Gasteiger partial charge in [-0.3, -0.25) is 0 Å². The molecule has 0 bridgehead atoms. The number of aliphatic imine (C=N–C) groups is 1. The molecule has 3 aromatic rings. The molecule has 26 heavy (non-hydrogen) atoms. The monoisotopic (exact) mass is 347 g/mol. The highest BCUT2D eigenvalue weighted by atomic mass is 16.5. The molecule has 6 heteroatoms. The first-order valence-corrected chi connectivity index (χ1v) is 8.22. The molecule has 0 aliphatic rings. The number of aryl methyl sites for hydroxylation is 2. The van der Waals surface area contributed by atoms with E-state index in [0.29, 0.717) is 11.7 Å². The average Bonchev–Trinajstić information content (AvgIpc) is 2.61. The number of nitrogens with one attached hydrogen (secondary N) is 1. The largest absolute Gasteiger partial charge is 0.495 e. The molecule has 0 aliphatic carbocycles. The lowest BCUT2D eigenvalue weighted by Gasteiger charge is -2.12. The van der Waals surface area contributed by atoms with Crippen molar-refractivity contribution in [1.82, 2.24) is 9.97 Å². The first-order valence-electron chi connectivity index (χ1n) is 8.22. The highest BCUT2D eigenvalue weighted by Gasteiger charge is 2.08. The minimum Gasteiger partial charge on any atom is -0.495 e. The number of benzene rings is 2. The van der Waals surface area contributed by atoms with E-state index < -0.39 is 0 Å². The third-order valence-electron chi connectivity index (χ3n) is 3.76. The van der Waals surface area contributed by atoms with Gasteiger partial charge in [-0.05, 0) is 43.2 Å². The Kier molecular flexibility index (Phi) is 5.12. The fraction of sp³-hybridized carbons (Fsp3) is 0.150. The number of aromatic nitrogens is 2. The van der Waals surface area contributed by atoms with Crippen LogP contribution >= 0.6 is 0 Å². The molecule has 1 heterocycles. The predicted octanol–water partition coefficient (Wildman–Crippen LogP) is 3.83. The molecular weight excluding hydrogens is 326 g/mol. The van der Waals surface area contributed by atoms with Crippen LogP contribution in [0, 0.1) is 13.8 Å². The Hall–Kier alpha value is -3.41. The number of anilines is 1. The first kappa shape index (κ1) is 17.4. The number of nitrogens with two attached hydrogens (primary N) is 1. The van der Waals surface area contributed by atoms with Crippen molar-refractivity contribution in [2.45, 2.75) is 13.8 Å². The lowest BCUT2D eigenvalue weighted by atomic mass is 10.0. The topological polar surface area (TPSA) is 85.4 Å². The van der Waals surface area contributed by atoms with Gasteiger partial charge >= 0.3 is 0 Å². The summed E-state index contributed by atoms with van der Waals surface area (Å²) in [7, 11) is 1.61. The van der Waals surface area contributed by atoms with Crippen molar-refractivity contribution in [3.8, 4) is 16.9 Å². The quantitative estimate of drug-likeness (QED) is 0.553. The van der Waals surface area contributed by atoms with Gasteiger partial charge in [-0.2, -0.15) is 4.99 Å². The highest BCUT2D eigenvalue weighted by molar-refractivity contribution is 5.95. The summed E-state index contributed by atoms with van der Waals surface area (Å²) in [6, 6.07) is 17.8. The van der Waals surface area contributed by atoms with E-state index in [1.54, 1.807) is 7.11 Å². The van der Waals surface area contributed by atoms with Crippen molar-refractivity contribution >= 4 is 17.6 Å². The van der Waals surface area contributed by atoms with Gasteiger partial charge in [0.1, 0.15) is 5.75 Å². The van der Waals surface area contributed by atoms with Crippen molar-refractivity contribution < 1.29 is 4.74 Å². The minimum atomic E-state index is 0.193. The zero-order chi connectivity index (χ0) is 18.5. The molecule has 3 rings (SSSR count). The summed E-state index contributed by atoms with van der Waals surface area (Å²) < 4.78 is 5.42. The number of ether oxygens (including phenoxy) is 1. The standard InChI is InChI=1S/C20H21N5O/c1-13-11-14(2)23-20(22-13)25-19(21)24-17-12-16(9-10-18(17)26-3)15-7-5-4-6-8-15/h4-12H,1-3H3,(H3,21,22,23,24,25). The summed E-state index contributed by atoms with van der Waals surface area (Å²) >= 11 is 0. The summed E-state index contributed by atoms with van der Waals surface area (Å²) in [6.07, 6.45) is 0. The van der Waals surface area contributed by atoms with Gasteiger partial charge in [0.2, 0.25) is 5.96 Å². The lowest BCUT2D eigenvalue weighted by Crippen LogP contribution is -2.22. The van der Waals surface area contributed by atoms with Gasteiger partial charge in [0.25, 0.3) is 5.95 Å². The van der Waals surface area contributed by atoms with Gasteiger partial charge in [-0.15, -0.1) is 0 Å². The van der Waals surface area contributed by atoms with Gasteiger partial charge in [-0.25, -0.2) is 9.97 Å². The van der Waals surface area contributed by atoms with Crippen LogP contribution in [0.25, 0.3) is 11.1 Å². The van der Waals surface area contributed by atoms with Crippen LogP contribution in [0.2, 0.25) is 0 Å². The fourth-order valence-corrected chi connectivity index (χ4v) is 2.65. The molecule has 0 spiro atoms. The van der Waals surface area contributed by atoms with Crippen LogP contribution in [0.3, 0.4) is 0 Å². The Morgan fingerprint density at radius 2 is 1.65 bits per heavy atom. The molecule has 0 saturated heterocycles. The number of hydrogen-bond donors (Lipinski definition) is 2. The molecule has 2 aromatic carbocycles. The molecule has 132 valence electrons. The van der Waals surface area contributed by atoms with Crippen molar-refractivity contribution in [2.75, 3.05) is 12.4 Å². The third-order valence-corrected chi connectivity index (χ3v) is 3.76. The summed E-state index contributed by atoms with van der Waals surface area (Å²) in [5.74, 6) is 1.19. The van der Waals surface area contributed by atoms with Crippen LogP contribution in [0.15, 0.2) is 59.6 Å². The molecule has 0 atom stereocenters. The Bertz CT molecular complexity index is 918. The smallest absolute Gasteiger partial charge is 0.253 e. The molecule has 0 fully saturated rings. The van der Waals surface area contributed by atoms with Crippen LogP contribution in [0.1, 0.15) is 11.4 Å². The van der Waals surface area contributed by atoms with E-state index in [0.717, 1.165) is 28.2 Å². The second-order valence-electron chi connectivity index (χ2n) is 5.85. The zero-order valence-corrected chi connectivity index (χ0v) is 15.0. The minimum absolute atomic E-state index is 0.193. The Morgan fingerprint density at radius 3 is 2.31 bits per heavy atom. The molecule has 0 unspecified atom stereocenters. The molecule has 0 aliphatic heterocycles. The Morgan fingerprint density at radius 1 is 0.962 bits per heavy atom. The highest BCUT2D eigenvalue weighted by Crippen LogP contribution is 2.30. The fourth-order valence-electron chi connectivity index (χ4n) is 2.65. The predicted molar refractivity (Wildman–Crippen MR) is 105 cm³/mol. The molecule has 0 saturated carbocycles. The summed E-state index contributed by atoms with van der Waals surface area (Å²) in [5.41, 5.74) is 10.6. The van der Waals surface area contributed by atoms with Gasteiger partial charge in [-0.1, -0.05) is 36.4 Å². The van der Waals surface area contributed by atoms with E-state index in [1.165, 1.54) is 0 Å². The summed E-state index contributed by atoms with van der Waals surface area (Å²) in [6.45, 7) is 3.79. The van der Waals surface area contributed by atoms with Gasteiger partial charge in [0.15, 0.2) is 0 Å². The van der Waals surface area contributed by atoms with Gasteiger partial charge in [0.05, 0.1) is 12.8 Å². The van der Waals surface area contributed by atoms with Crippen LogP contribution in [-0.2, 0) is 0 Å². The Balaban J connectivity index is 1.91. The van der Waals surface area contributed by atoms with Crippen molar-refractivity contribution in [2.24, 2.45) is 10.7 Å². The maximum absolute atomic E-state index is 6.05. The van der Waals surface area contributed by atoms with E-state index in [1.807, 2.05) is 68.4 Å². The van der Waals surface area contributed by atoms with Gasteiger partial charge in [0, 0.05) is 11.4 Å². The van der Waals surface area contributed by atoms with Crippen LogP contribution < -0.4 is 15.8 Å². The summed E-state index contributed by atoms with van der Waals surface area (Å²) in [4.78, 5) is 12.8. The lowest BCUT2D eigenvalue weighted by molar-refractivity contribution is 0.417. The van der Waals surface area contributed by atoms with Crippen LogP contribution in [0.5, 0.6) is 5.75 Å². The van der Waals surface area contributed by atoms with Crippen molar-refractivity contribution in [3.05, 3.63) is 66.0 Å². The molecule has 6 nitrogen and oxygen atoms in total. The molecule has 1 aromatic heterocycles. The molecule has 3 N–H and O–H groups in total. The number of guanidine groups is 1. The van der Waals surface area contributed by atoms with Crippen LogP contribution in [-0.4, -0.2) is 23.0 Å². The van der Waals surface area contributed by atoms with E-state index in [2.05, 4.69) is 20.3 Å². The van der Waals surface area contributed by atoms with Gasteiger partial charge < -0.3 is 15.8 Å². The maximum Gasteiger partial charge on any atom is 0.253 e. The van der Waals surface area contributed by atoms with Crippen molar-refractivity contribution in [3.63, 3.8) is 0 Å². The summed E-state index contributed by atoms with van der Waals surface area (Å²) in [5, 5.41) is 3.08. The first-order chi connectivity index (χ1) is 12.5. The maximum atomic E-state index is 6.05. The SMILES string of the molecule is COc1ccc(-c2ccccc2)cc1NC(N)=Nc1nc(C)cc(C)n1. The zero-order valence-electron chi connectivity index (χ0n) is 15.0. The second kappa shape index (κ2) is 7.65. The normalized spacial score (nSPS) is 11.3. The van der Waals surface area contributed by atoms with Crippen LogP contribution in [0.4, 0.5) is 11.6 Å². The number of rotatable bonds is 4. The number of methoxy groups -OCH3 is 1. The number of nitrogens with zero attached hydrogens (tertiary/aromatic N) is 3. The molecule has 0 radical (unpaired) electrons. The van der Waals surface area contributed by atoms with E-state index >= 15 is 0 Å². The molecular formula is C20H21N5O. The van der Waals surface area contributed by atoms with E-state index in [4.69, 9.17) is 10.5 Å². The van der Waals surface area contributed by atoms with E-state index in [-0.39, 0.29) is 5.96 Å². The van der Waals surface area contributed by atoms with E-state index in [9.17, 15) is 0 Å². The Labute approximate surface area is 152 Å². The average molecular weight is 347 g/mol. The molecule has 0 amide bonds. The number of hydrogen-bond acceptors (Lipinski definition) is 4.